The summed E-state index contributed by atoms with van der Waals surface area (Å²) in [5, 5.41) is 13.9. The van der Waals surface area contributed by atoms with Crippen molar-refractivity contribution in [3.63, 3.8) is 0 Å². The van der Waals surface area contributed by atoms with Crippen molar-refractivity contribution in [1.82, 2.24) is 25.1 Å². The first-order valence-electron chi connectivity index (χ1n) is 11.2. The van der Waals surface area contributed by atoms with Gasteiger partial charge in [0.2, 0.25) is 5.95 Å². The van der Waals surface area contributed by atoms with Crippen LogP contribution in [0.25, 0.3) is 11.1 Å². The van der Waals surface area contributed by atoms with E-state index < -0.39 is 11.6 Å². The van der Waals surface area contributed by atoms with E-state index in [1.165, 1.54) is 17.7 Å². The molecule has 0 atom stereocenters. The minimum absolute atomic E-state index is 0.214. The van der Waals surface area contributed by atoms with E-state index in [-0.39, 0.29) is 11.6 Å². The molecular formula is C25H25F2N7. The SMILES string of the molecule is Cn1cc(-c2cnc(Nc3cc(F)cc(F)c3)nc2Nc2ccc(C3CCNCC3)cc2)cn1. The molecule has 2 aromatic carbocycles. The first-order chi connectivity index (χ1) is 16.5. The second-order valence-corrected chi connectivity index (χ2v) is 8.41. The fourth-order valence-electron chi connectivity index (χ4n) is 4.19. The third kappa shape index (κ3) is 5.04. The van der Waals surface area contributed by atoms with Gasteiger partial charge in [0.1, 0.15) is 17.5 Å². The molecule has 1 fully saturated rings. The second kappa shape index (κ2) is 9.56. The molecule has 174 valence electrons. The molecule has 0 radical (unpaired) electrons. The zero-order valence-electron chi connectivity index (χ0n) is 18.7. The lowest BCUT2D eigenvalue weighted by atomic mass is 9.90. The molecular weight excluding hydrogens is 436 g/mol. The highest BCUT2D eigenvalue weighted by Crippen LogP contribution is 2.31. The molecule has 34 heavy (non-hydrogen) atoms. The van der Waals surface area contributed by atoms with Gasteiger partial charge in [-0.2, -0.15) is 10.1 Å². The Kier molecular flexibility index (Phi) is 6.18. The van der Waals surface area contributed by atoms with E-state index >= 15 is 0 Å². The van der Waals surface area contributed by atoms with Crippen molar-refractivity contribution >= 4 is 23.1 Å². The van der Waals surface area contributed by atoms with Crippen molar-refractivity contribution in [3.8, 4) is 11.1 Å². The minimum atomic E-state index is -0.679. The largest absolute Gasteiger partial charge is 0.340 e. The highest BCUT2D eigenvalue weighted by atomic mass is 19.1. The van der Waals surface area contributed by atoms with Crippen LogP contribution in [0, 0.1) is 11.6 Å². The van der Waals surface area contributed by atoms with E-state index in [0.29, 0.717) is 11.7 Å². The normalized spacial score (nSPS) is 14.2. The number of piperidine rings is 1. The summed E-state index contributed by atoms with van der Waals surface area (Å²) in [5.74, 6) is -0.0189. The number of hydrogen-bond acceptors (Lipinski definition) is 6. The van der Waals surface area contributed by atoms with Crippen LogP contribution in [-0.2, 0) is 7.05 Å². The molecule has 1 saturated heterocycles. The molecule has 0 aliphatic carbocycles. The van der Waals surface area contributed by atoms with Crippen LogP contribution in [0.2, 0.25) is 0 Å². The molecule has 0 saturated carbocycles. The molecule has 3 N–H and O–H groups in total. The van der Waals surface area contributed by atoms with Crippen molar-refractivity contribution in [1.29, 1.82) is 0 Å². The Hall–Kier alpha value is -3.85. The number of halogens is 2. The van der Waals surface area contributed by atoms with E-state index in [1.54, 1.807) is 17.1 Å². The van der Waals surface area contributed by atoms with Crippen LogP contribution < -0.4 is 16.0 Å². The van der Waals surface area contributed by atoms with Gasteiger partial charge in [0.25, 0.3) is 0 Å². The Labute approximate surface area is 196 Å². The lowest BCUT2D eigenvalue weighted by Crippen LogP contribution is -2.26. The minimum Gasteiger partial charge on any atom is -0.340 e. The molecule has 1 aliphatic heterocycles. The third-order valence-electron chi connectivity index (χ3n) is 5.91. The molecule has 7 nitrogen and oxygen atoms in total. The molecule has 0 spiro atoms. The number of benzene rings is 2. The Morgan fingerprint density at radius 1 is 0.941 bits per heavy atom. The number of anilines is 4. The molecule has 9 heteroatoms. The molecule has 2 aromatic heterocycles. The Bertz CT molecular complexity index is 1260. The number of aryl methyl sites for hydroxylation is 1. The van der Waals surface area contributed by atoms with Crippen molar-refractivity contribution in [3.05, 3.63) is 78.3 Å². The molecule has 0 unspecified atom stereocenters. The van der Waals surface area contributed by atoms with Crippen LogP contribution in [0.4, 0.5) is 31.9 Å². The maximum atomic E-state index is 13.6. The third-order valence-corrected chi connectivity index (χ3v) is 5.91. The van der Waals surface area contributed by atoms with Crippen molar-refractivity contribution in [2.75, 3.05) is 23.7 Å². The molecule has 0 bridgehead atoms. The Balaban J connectivity index is 1.43. The quantitative estimate of drug-likeness (QED) is 0.370. The summed E-state index contributed by atoms with van der Waals surface area (Å²) in [4.78, 5) is 8.94. The van der Waals surface area contributed by atoms with Crippen LogP contribution >= 0.6 is 0 Å². The zero-order valence-corrected chi connectivity index (χ0v) is 18.7. The fourth-order valence-corrected chi connectivity index (χ4v) is 4.19. The van der Waals surface area contributed by atoms with Crippen molar-refractivity contribution in [2.45, 2.75) is 18.8 Å². The van der Waals surface area contributed by atoms with Gasteiger partial charge in [-0.25, -0.2) is 13.8 Å². The van der Waals surface area contributed by atoms with Gasteiger partial charge in [0.15, 0.2) is 0 Å². The summed E-state index contributed by atoms with van der Waals surface area (Å²) in [6.07, 6.45) is 7.55. The standard InChI is InChI=1S/C25H25F2N7/c1-34-15-18(13-30-34)23-14-29-25(32-22-11-19(26)10-20(27)12-22)33-24(23)31-21-4-2-16(3-5-21)17-6-8-28-9-7-17/h2-5,10-15,17,28H,6-9H2,1H3,(H2,29,31,32,33). The Morgan fingerprint density at radius 3 is 2.35 bits per heavy atom. The van der Waals surface area contributed by atoms with E-state index in [2.05, 4.69) is 43.1 Å². The average molecular weight is 462 g/mol. The van der Waals surface area contributed by atoms with E-state index in [4.69, 9.17) is 0 Å². The topological polar surface area (TPSA) is 79.7 Å². The van der Waals surface area contributed by atoms with Gasteiger partial charge in [-0.3, -0.25) is 4.68 Å². The van der Waals surface area contributed by atoms with Crippen LogP contribution in [0.1, 0.15) is 24.3 Å². The summed E-state index contributed by atoms with van der Waals surface area (Å²) >= 11 is 0. The van der Waals surface area contributed by atoms with E-state index in [9.17, 15) is 8.78 Å². The van der Waals surface area contributed by atoms with Crippen molar-refractivity contribution < 1.29 is 8.78 Å². The van der Waals surface area contributed by atoms with Gasteiger partial charge in [-0.05, 0) is 61.7 Å². The van der Waals surface area contributed by atoms with Crippen LogP contribution in [0.5, 0.6) is 0 Å². The average Bonchev–Trinajstić information content (AvgIpc) is 3.26. The Morgan fingerprint density at radius 2 is 1.68 bits per heavy atom. The monoisotopic (exact) mass is 461 g/mol. The predicted molar refractivity (Wildman–Crippen MR) is 128 cm³/mol. The summed E-state index contributed by atoms with van der Waals surface area (Å²) in [5.41, 5.74) is 4.04. The maximum absolute atomic E-state index is 13.6. The summed E-state index contributed by atoms with van der Waals surface area (Å²) in [6.45, 7) is 2.09. The highest BCUT2D eigenvalue weighted by molar-refractivity contribution is 5.78. The zero-order chi connectivity index (χ0) is 23.5. The molecule has 1 aliphatic rings. The first-order valence-corrected chi connectivity index (χ1v) is 11.2. The number of hydrogen-bond donors (Lipinski definition) is 3. The molecule has 0 amide bonds. The van der Waals surface area contributed by atoms with Gasteiger partial charge < -0.3 is 16.0 Å². The maximum Gasteiger partial charge on any atom is 0.229 e. The van der Waals surface area contributed by atoms with E-state index in [0.717, 1.165) is 48.8 Å². The second-order valence-electron chi connectivity index (χ2n) is 8.41. The summed E-state index contributed by atoms with van der Waals surface area (Å²) < 4.78 is 28.9. The number of nitrogens with one attached hydrogen (secondary N) is 3. The van der Waals surface area contributed by atoms with Crippen LogP contribution in [-0.4, -0.2) is 32.8 Å². The lowest BCUT2D eigenvalue weighted by Gasteiger charge is -2.23. The van der Waals surface area contributed by atoms with Gasteiger partial charge in [-0.1, -0.05) is 12.1 Å². The van der Waals surface area contributed by atoms with Gasteiger partial charge in [0.05, 0.1) is 6.20 Å². The lowest BCUT2D eigenvalue weighted by molar-refractivity contribution is 0.460. The predicted octanol–water partition coefficient (Wildman–Crippen LogP) is 5.11. The number of rotatable bonds is 6. The van der Waals surface area contributed by atoms with Crippen LogP contribution in [0.15, 0.2) is 61.1 Å². The summed E-state index contributed by atoms with van der Waals surface area (Å²) in [6, 6.07) is 11.6. The molecule has 3 heterocycles. The van der Waals surface area contributed by atoms with Crippen molar-refractivity contribution in [2.24, 2.45) is 7.05 Å². The van der Waals surface area contributed by atoms with Crippen LogP contribution in [0.3, 0.4) is 0 Å². The van der Waals surface area contributed by atoms with Gasteiger partial charge >= 0.3 is 0 Å². The molecule has 4 aromatic rings. The fraction of sp³-hybridized carbons (Fsp3) is 0.240. The van der Waals surface area contributed by atoms with E-state index in [1.807, 2.05) is 25.4 Å². The number of nitrogens with zero attached hydrogens (tertiary/aromatic N) is 4. The van der Waals surface area contributed by atoms with Gasteiger partial charge in [-0.15, -0.1) is 0 Å². The first kappa shape index (κ1) is 22.0. The summed E-state index contributed by atoms with van der Waals surface area (Å²) in [7, 11) is 1.84. The molecule has 5 rings (SSSR count). The smallest absolute Gasteiger partial charge is 0.229 e. The van der Waals surface area contributed by atoms with Gasteiger partial charge in [0, 0.05) is 48.0 Å². The number of aromatic nitrogens is 4. The highest BCUT2D eigenvalue weighted by Gasteiger charge is 2.16.